The van der Waals surface area contributed by atoms with E-state index in [2.05, 4.69) is 16.6 Å². The van der Waals surface area contributed by atoms with Crippen LogP contribution in [0.1, 0.15) is 39.0 Å². The quantitative estimate of drug-likeness (QED) is 0.442. The molecule has 3 N–H and O–H groups in total. The highest BCUT2D eigenvalue weighted by atomic mass is 16.4. The first-order chi connectivity index (χ1) is 8.10. The predicted octanol–water partition coefficient (Wildman–Crippen LogP) is 1.34. The lowest BCUT2D eigenvalue weighted by molar-refractivity contribution is -0.137. The highest BCUT2D eigenvalue weighted by Crippen LogP contribution is 1.95. The third kappa shape index (κ3) is 9.24. The van der Waals surface area contributed by atoms with Crippen molar-refractivity contribution in [3.8, 4) is 12.3 Å². The van der Waals surface area contributed by atoms with Gasteiger partial charge in [-0.25, -0.2) is 4.79 Å². The number of hydrogen-bond acceptors (Lipinski definition) is 2. The van der Waals surface area contributed by atoms with E-state index < -0.39 is 5.97 Å². The van der Waals surface area contributed by atoms with Gasteiger partial charge in [0.2, 0.25) is 0 Å². The van der Waals surface area contributed by atoms with E-state index in [-0.39, 0.29) is 18.5 Å². The van der Waals surface area contributed by atoms with E-state index in [1.807, 2.05) is 6.92 Å². The van der Waals surface area contributed by atoms with Crippen molar-refractivity contribution in [2.75, 3.05) is 6.54 Å². The second-order valence-corrected chi connectivity index (χ2v) is 3.76. The minimum atomic E-state index is -0.815. The van der Waals surface area contributed by atoms with Crippen molar-refractivity contribution in [2.24, 2.45) is 0 Å². The fraction of sp³-hybridized carbons (Fsp3) is 0.667. The summed E-state index contributed by atoms with van der Waals surface area (Å²) in [5.74, 6) is 1.69. The molecule has 0 aliphatic rings. The summed E-state index contributed by atoms with van der Waals surface area (Å²) in [4.78, 5) is 21.6. The number of carbonyl (C=O) groups excluding carboxylic acids is 1. The Labute approximate surface area is 102 Å². The summed E-state index contributed by atoms with van der Waals surface area (Å²) in [6.07, 6.45) is 8.26. The van der Waals surface area contributed by atoms with Crippen molar-refractivity contribution in [1.82, 2.24) is 10.6 Å². The maximum atomic E-state index is 11.4. The van der Waals surface area contributed by atoms with Gasteiger partial charge in [-0.05, 0) is 19.3 Å². The van der Waals surface area contributed by atoms with Gasteiger partial charge in [-0.1, -0.05) is 19.3 Å². The van der Waals surface area contributed by atoms with Crippen LogP contribution >= 0.6 is 0 Å². The number of hydrogen-bond donors (Lipinski definition) is 3. The zero-order valence-corrected chi connectivity index (χ0v) is 10.2. The molecule has 96 valence electrons. The van der Waals surface area contributed by atoms with Gasteiger partial charge in [-0.2, -0.15) is 0 Å². The minimum absolute atomic E-state index is 0.131. The smallest absolute Gasteiger partial charge is 0.315 e. The van der Waals surface area contributed by atoms with Crippen molar-refractivity contribution in [2.45, 2.75) is 45.1 Å². The monoisotopic (exact) mass is 240 g/mol. The Kier molecular flexibility index (Phi) is 8.57. The van der Waals surface area contributed by atoms with Crippen LogP contribution in [0.4, 0.5) is 4.79 Å². The van der Waals surface area contributed by atoms with E-state index in [0.717, 1.165) is 12.8 Å². The van der Waals surface area contributed by atoms with Gasteiger partial charge in [0.15, 0.2) is 0 Å². The molecule has 0 saturated heterocycles. The molecule has 0 rings (SSSR count). The minimum Gasteiger partial charge on any atom is -0.481 e. The molecule has 1 atom stereocenters. The third-order valence-corrected chi connectivity index (χ3v) is 2.19. The van der Waals surface area contributed by atoms with Crippen LogP contribution in [0.5, 0.6) is 0 Å². The van der Waals surface area contributed by atoms with E-state index in [1.165, 1.54) is 0 Å². The fourth-order valence-corrected chi connectivity index (χ4v) is 1.30. The molecule has 1 unspecified atom stereocenters. The molecule has 0 fully saturated rings. The summed E-state index contributed by atoms with van der Waals surface area (Å²) < 4.78 is 0. The van der Waals surface area contributed by atoms with Crippen LogP contribution in [0.2, 0.25) is 0 Å². The van der Waals surface area contributed by atoms with Crippen LogP contribution in [0.25, 0.3) is 0 Å². The SMILES string of the molecule is C#CC(CCC)NC(=O)NCCCCC(=O)O. The molecule has 0 aliphatic carbocycles. The highest BCUT2D eigenvalue weighted by Gasteiger charge is 2.07. The molecule has 0 saturated carbocycles. The lowest BCUT2D eigenvalue weighted by Gasteiger charge is -2.12. The summed E-state index contributed by atoms with van der Waals surface area (Å²) in [5.41, 5.74) is 0. The van der Waals surface area contributed by atoms with Crippen molar-refractivity contribution in [3.63, 3.8) is 0 Å². The molecule has 0 radical (unpaired) electrons. The summed E-state index contributed by atoms with van der Waals surface area (Å²) >= 11 is 0. The number of terminal acetylenes is 1. The number of rotatable bonds is 8. The zero-order valence-electron chi connectivity index (χ0n) is 10.2. The first-order valence-corrected chi connectivity index (χ1v) is 5.82. The van der Waals surface area contributed by atoms with Gasteiger partial charge < -0.3 is 15.7 Å². The standard InChI is InChI=1S/C12H20N2O3/c1-3-7-10(4-2)14-12(17)13-9-6-5-8-11(15)16/h2,10H,3,5-9H2,1H3,(H,15,16)(H2,13,14,17). The lowest BCUT2D eigenvalue weighted by atomic mass is 10.2. The van der Waals surface area contributed by atoms with Crippen LogP contribution in [-0.2, 0) is 4.79 Å². The molecule has 0 aromatic heterocycles. The average molecular weight is 240 g/mol. The molecule has 2 amide bonds. The second-order valence-electron chi connectivity index (χ2n) is 3.76. The summed E-state index contributed by atoms with van der Waals surface area (Å²) in [5, 5.41) is 13.7. The van der Waals surface area contributed by atoms with Crippen LogP contribution in [0.3, 0.4) is 0 Å². The van der Waals surface area contributed by atoms with Crippen molar-refractivity contribution in [1.29, 1.82) is 0 Å². The fourth-order valence-electron chi connectivity index (χ4n) is 1.30. The van der Waals surface area contributed by atoms with Gasteiger partial charge in [0.25, 0.3) is 0 Å². The van der Waals surface area contributed by atoms with Gasteiger partial charge in [0, 0.05) is 13.0 Å². The van der Waals surface area contributed by atoms with Crippen LogP contribution in [-0.4, -0.2) is 29.7 Å². The molecule has 0 heterocycles. The zero-order chi connectivity index (χ0) is 13.1. The first kappa shape index (κ1) is 15.3. The number of aliphatic carboxylic acids is 1. The molecule has 0 spiro atoms. The molecular weight excluding hydrogens is 220 g/mol. The van der Waals surface area contributed by atoms with Crippen LogP contribution in [0, 0.1) is 12.3 Å². The number of carboxylic acid groups (broad SMARTS) is 1. The summed E-state index contributed by atoms with van der Waals surface area (Å²) in [7, 11) is 0. The molecule has 5 heteroatoms. The van der Waals surface area contributed by atoms with Gasteiger partial charge in [-0.3, -0.25) is 4.79 Å². The molecule has 17 heavy (non-hydrogen) atoms. The van der Waals surface area contributed by atoms with E-state index in [4.69, 9.17) is 11.5 Å². The number of nitrogens with one attached hydrogen (secondary N) is 2. The third-order valence-electron chi connectivity index (χ3n) is 2.19. The normalized spacial score (nSPS) is 11.3. The Hall–Kier alpha value is -1.70. The number of unbranched alkanes of at least 4 members (excludes halogenated alkanes) is 1. The van der Waals surface area contributed by atoms with Crippen LogP contribution < -0.4 is 10.6 Å². The first-order valence-electron chi connectivity index (χ1n) is 5.82. The second kappa shape index (κ2) is 9.52. The van der Waals surface area contributed by atoms with E-state index in [0.29, 0.717) is 19.4 Å². The lowest BCUT2D eigenvalue weighted by Crippen LogP contribution is -2.41. The maximum absolute atomic E-state index is 11.4. The number of carbonyl (C=O) groups is 2. The van der Waals surface area contributed by atoms with Gasteiger partial charge >= 0.3 is 12.0 Å². The van der Waals surface area contributed by atoms with Gasteiger partial charge in [0.1, 0.15) is 0 Å². The van der Waals surface area contributed by atoms with Crippen LogP contribution in [0.15, 0.2) is 0 Å². The Morgan fingerprint density at radius 3 is 2.65 bits per heavy atom. The number of urea groups is 1. The maximum Gasteiger partial charge on any atom is 0.315 e. The Morgan fingerprint density at radius 2 is 2.12 bits per heavy atom. The molecule has 0 aromatic carbocycles. The number of amides is 2. The van der Waals surface area contributed by atoms with Crippen molar-refractivity contribution < 1.29 is 14.7 Å². The molecule has 0 aliphatic heterocycles. The van der Waals surface area contributed by atoms with Gasteiger partial charge in [0.05, 0.1) is 6.04 Å². The highest BCUT2D eigenvalue weighted by molar-refractivity contribution is 5.74. The molecular formula is C12H20N2O3. The van der Waals surface area contributed by atoms with Gasteiger partial charge in [-0.15, -0.1) is 6.42 Å². The predicted molar refractivity (Wildman–Crippen MR) is 65.6 cm³/mol. The molecule has 5 nitrogen and oxygen atoms in total. The average Bonchev–Trinajstić information content (AvgIpc) is 2.27. The van der Waals surface area contributed by atoms with E-state index >= 15 is 0 Å². The molecule has 0 aromatic rings. The van der Waals surface area contributed by atoms with E-state index in [9.17, 15) is 9.59 Å². The van der Waals surface area contributed by atoms with E-state index in [1.54, 1.807) is 0 Å². The largest absolute Gasteiger partial charge is 0.481 e. The van der Waals surface area contributed by atoms with Crippen molar-refractivity contribution in [3.05, 3.63) is 0 Å². The topological polar surface area (TPSA) is 78.4 Å². The Morgan fingerprint density at radius 1 is 1.41 bits per heavy atom. The Balaban J connectivity index is 3.59. The Bertz CT molecular complexity index is 284. The summed E-state index contributed by atoms with van der Waals surface area (Å²) in [6, 6.07) is -0.532. The van der Waals surface area contributed by atoms with Crippen molar-refractivity contribution >= 4 is 12.0 Å². The molecule has 0 bridgehead atoms. The summed E-state index contributed by atoms with van der Waals surface area (Å²) in [6.45, 7) is 2.46. The number of carboxylic acids is 1.